The zero-order valence-corrected chi connectivity index (χ0v) is 12.2. The SMILES string of the molecule is C=CCC12CC=CCN1C(=O)[C@H](OC(C)=O)[C@H]2OC(C)=O. The van der Waals surface area contributed by atoms with Crippen LogP contribution in [0.3, 0.4) is 0 Å². The molecular weight excluding hydrogens is 274 g/mol. The number of carbonyl (C=O) groups excluding carboxylic acids is 3. The standard InChI is InChI=1S/C15H19NO5/c1-4-7-15-8-5-6-9-16(15)14(19)12(20-10(2)17)13(15)21-11(3)18/h4-6,12-13H,1,7-9H2,2-3H3/t12-,13-,15?/m1/s1. The summed E-state index contributed by atoms with van der Waals surface area (Å²) in [6, 6.07) is 0. The fourth-order valence-electron chi connectivity index (χ4n) is 3.10. The third-order valence-corrected chi connectivity index (χ3v) is 3.86. The molecule has 0 aromatic rings. The van der Waals surface area contributed by atoms with Crippen molar-refractivity contribution in [2.45, 2.75) is 44.4 Å². The van der Waals surface area contributed by atoms with Gasteiger partial charge in [0.2, 0.25) is 6.10 Å². The predicted octanol–water partition coefficient (Wildman–Crippen LogP) is 0.967. The van der Waals surface area contributed by atoms with Crippen LogP contribution in [0.4, 0.5) is 0 Å². The molecular formula is C15H19NO5. The highest BCUT2D eigenvalue weighted by Crippen LogP contribution is 2.42. The summed E-state index contributed by atoms with van der Waals surface area (Å²) in [5, 5.41) is 0. The van der Waals surface area contributed by atoms with Crippen molar-refractivity contribution >= 4 is 17.8 Å². The number of amides is 1. The van der Waals surface area contributed by atoms with Crippen molar-refractivity contribution in [2.75, 3.05) is 6.54 Å². The Morgan fingerprint density at radius 2 is 2.05 bits per heavy atom. The highest BCUT2D eigenvalue weighted by molar-refractivity contribution is 5.89. The number of rotatable bonds is 4. The van der Waals surface area contributed by atoms with Crippen molar-refractivity contribution in [1.29, 1.82) is 0 Å². The van der Waals surface area contributed by atoms with Crippen molar-refractivity contribution in [3.8, 4) is 0 Å². The Balaban J connectivity index is 2.44. The molecule has 0 aromatic heterocycles. The molecule has 1 fully saturated rings. The number of ether oxygens (including phenoxy) is 2. The van der Waals surface area contributed by atoms with E-state index in [9.17, 15) is 14.4 Å². The Bertz CT molecular complexity index is 512. The van der Waals surface area contributed by atoms with E-state index >= 15 is 0 Å². The summed E-state index contributed by atoms with van der Waals surface area (Å²) in [5.41, 5.74) is -0.723. The average Bonchev–Trinajstić information content (AvgIpc) is 2.61. The molecule has 2 heterocycles. The zero-order valence-electron chi connectivity index (χ0n) is 12.2. The summed E-state index contributed by atoms with van der Waals surface area (Å²) in [6.45, 7) is 6.64. The second kappa shape index (κ2) is 5.71. The lowest BCUT2D eigenvalue weighted by molar-refractivity contribution is -0.168. The second-order valence-corrected chi connectivity index (χ2v) is 5.28. The molecule has 3 atom stereocenters. The first-order chi connectivity index (χ1) is 9.92. The molecule has 2 aliphatic heterocycles. The van der Waals surface area contributed by atoms with E-state index in [2.05, 4.69) is 6.58 Å². The first-order valence-electron chi connectivity index (χ1n) is 6.84. The summed E-state index contributed by atoms with van der Waals surface area (Å²) in [5.74, 6) is -1.42. The number of hydrogen-bond donors (Lipinski definition) is 0. The normalized spacial score (nSPS) is 30.8. The number of nitrogens with zero attached hydrogens (tertiary/aromatic N) is 1. The molecule has 0 saturated carbocycles. The number of fused-ring (bicyclic) bond motifs is 1. The molecule has 0 spiro atoms. The van der Waals surface area contributed by atoms with Crippen molar-refractivity contribution in [1.82, 2.24) is 4.90 Å². The molecule has 0 aromatic carbocycles. The zero-order chi connectivity index (χ0) is 15.6. The number of esters is 2. The lowest BCUT2D eigenvalue weighted by atomic mass is 9.83. The quantitative estimate of drug-likeness (QED) is 0.570. The van der Waals surface area contributed by atoms with E-state index in [1.807, 2.05) is 12.2 Å². The predicted molar refractivity (Wildman–Crippen MR) is 74.1 cm³/mol. The molecule has 6 heteroatoms. The van der Waals surface area contributed by atoms with Gasteiger partial charge in [-0.05, 0) is 12.8 Å². The molecule has 21 heavy (non-hydrogen) atoms. The van der Waals surface area contributed by atoms with Crippen molar-refractivity contribution in [3.05, 3.63) is 24.8 Å². The first kappa shape index (κ1) is 15.3. The largest absolute Gasteiger partial charge is 0.455 e. The van der Waals surface area contributed by atoms with E-state index in [1.54, 1.807) is 11.0 Å². The molecule has 1 unspecified atom stereocenters. The number of carbonyl (C=O) groups is 3. The Labute approximate surface area is 123 Å². The van der Waals surface area contributed by atoms with Crippen LogP contribution >= 0.6 is 0 Å². The minimum Gasteiger partial charge on any atom is -0.455 e. The summed E-state index contributed by atoms with van der Waals surface area (Å²) in [7, 11) is 0. The molecule has 0 N–H and O–H groups in total. The van der Waals surface area contributed by atoms with Crippen LogP contribution in [0.25, 0.3) is 0 Å². The van der Waals surface area contributed by atoms with Gasteiger partial charge in [-0.1, -0.05) is 18.2 Å². The molecule has 114 valence electrons. The van der Waals surface area contributed by atoms with E-state index in [0.717, 1.165) is 0 Å². The molecule has 1 saturated heterocycles. The third kappa shape index (κ3) is 2.57. The molecule has 0 radical (unpaired) electrons. The minimum atomic E-state index is -1.09. The van der Waals surface area contributed by atoms with Crippen LogP contribution in [-0.4, -0.2) is 47.0 Å². The van der Waals surface area contributed by atoms with E-state index in [1.165, 1.54) is 13.8 Å². The fraction of sp³-hybridized carbons (Fsp3) is 0.533. The maximum Gasteiger partial charge on any atom is 0.303 e. The van der Waals surface area contributed by atoms with Crippen LogP contribution in [0.1, 0.15) is 26.7 Å². The first-order valence-corrected chi connectivity index (χ1v) is 6.84. The van der Waals surface area contributed by atoms with Gasteiger partial charge in [-0.2, -0.15) is 0 Å². The van der Waals surface area contributed by atoms with Gasteiger partial charge in [-0.15, -0.1) is 6.58 Å². The van der Waals surface area contributed by atoms with Crippen LogP contribution < -0.4 is 0 Å². The Morgan fingerprint density at radius 3 is 2.62 bits per heavy atom. The van der Waals surface area contributed by atoms with E-state index in [-0.39, 0.29) is 5.91 Å². The van der Waals surface area contributed by atoms with Gasteiger partial charge in [0, 0.05) is 20.4 Å². The summed E-state index contributed by atoms with van der Waals surface area (Å²) in [6.07, 6.45) is 4.58. The molecule has 6 nitrogen and oxygen atoms in total. The highest BCUT2D eigenvalue weighted by Gasteiger charge is 2.61. The van der Waals surface area contributed by atoms with Gasteiger partial charge in [-0.25, -0.2) is 0 Å². The summed E-state index contributed by atoms with van der Waals surface area (Å²) < 4.78 is 10.5. The lowest BCUT2D eigenvalue weighted by Crippen LogP contribution is -2.54. The smallest absolute Gasteiger partial charge is 0.303 e. The van der Waals surface area contributed by atoms with Crippen LogP contribution in [0, 0.1) is 0 Å². The second-order valence-electron chi connectivity index (χ2n) is 5.28. The molecule has 1 amide bonds. The van der Waals surface area contributed by atoms with E-state index in [4.69, 9.17) is 9.47 Å². The molecule has 2 aliphatic rings. The molecule has 2 rings (SSSR count). The minimum absolute atomic E-state index is 0.331. The van der Waals surface area contributed by atoms with Crippen LogP contribution in [-0.2, 0) is 23.9 Å². The van der Waals surface area contributed by atoms with Crippen LogP contribution in [0.2, 0.25) is 0 Å². The van der Waals surface area contributed by atoms with Gasteiger partial charge in [-0.3, -0.25) is 14.4 Å². The molecule has 0 aliphatic carbocycles. The Kier molecular flexibility index (Phi) is 4.16. The van der Waals surface area contributed by atoms with Crippen LogP contribution in [0.15, 0.2) is 24.8 Å². The van der Waals surface area contributed by atoms with Gasteiger partial charge in [0.1, 0.15) is 0 Å². The fourth-order valence-corrected chi connectivity index (χ4v) is 3.10. The van der Waals surface area contributed by atoms with Crippen LogP contribution in [0.5, 0.6) is 0 Å². The highest BCUT2D eigenvalue weighted by atomic mass is 16.6. The molecule has 0 bridgehead atoms. The van der Waals surface area contributed by atoms with Gasteiger partial charge in [0.25, 0.3) is 5.91 Å². The lowest BCUT2D eigenvalue weighted by Gasteiger charge is -2.41. The third-order valence-electron chi connectivity index (χ3n) is 3.86. The Hall–Kier alpha value is -2.11. The van der Waals surface area contributed by atoms with E-state index in [0.29, 0.717) is 19.4 Å². The monoisotopic (exact) mass is 293 g/mol. The van der Waals surface area contributed by atoms with Crippen molar-refractivity contribution in [3.63, 3.8) is 0 Å². The van der Waals surface area contributed by atoms with Crippen molar-refractivity contribution < 1.29 is 23.9 Å². The van der Waals surface area contributed by atoms with Gasteiger partial charge < -0.3 is 14.4 Å². The average molecular weight is 293 g/mol. The van der Waals surface area contributed by atoms with E-state index < -0.39 is 29.7 Å². The summed E-state index contributed by atoms with van der Waals surface area (Å²) >= 11 is 0. The van der Waals surface area contributed by atoms with Gasteiger partial charge in [0.15, 0.2) is 6.10 Å². The van der Waals surface area contributed by atoms with Gasteiger partial charge >= 0.3 is 11.9 Å². The summed E-state index contributed by atoms with van der Waals surface area (Å²) in [4.78, 5) is 36.9. The maximum absolute atomic E-state index is 12.5. The maximum atomic E-state index is 12.5. The topological polar surface area (TPSA) is 72.9 Å². The number of hydrogen-bond acceptors (Lipinski definition) is 5. The van der Waals surface area contributed by atoms with Gasteiger partial charge in [0.05, 0.1) is 5.54 Å². The van der Waals surface area contributed by atoms with Crippen molar-refractivity contribution in [2.24, 2.45) is 0 Å². The Morgan fingerprint density at radius 1 is 1.38 bits per heavy atom.